The molecule has 0 aliphatic heterocycles. The third kappa shape index (κ3) is 5.93. The Balaban J connectivity index is 2.25. The van der Waals surface area contributed by atoms with Gasteiger partial charge < -0.3 is 5.21 Å². The number of hydrogen-bond donors (Lipinski definition) is 1. The van der Waals surface area contributed by atoms with Gasteiger partial charge in [-0.2, -0.15) is 4.73 Å². The molecular weight excluding hydrogens is 304 g/mol. The van der Waals surface area contributed by atoms with Gasteiger partial charge in [-0.15, -0.1) is 0 Å². The van der Waals surface area contributed by atoms with E-state index in [1.54, 1.807) is 20.8 Å². The first kappa shape index (κ1) is 20.1. The highest BCUT2D eigenvalue weighted by atomic mass is 16.5. The summed E-state index contributed by atoms with van der Waals surface area (Å²) in [7, 11) is 0. The van der Waals surface area contributed by atoms with Gasteiger partial charge in [0.1, 0.15) is 0 Å². The smallest absolute Gasteiger partial charge is 0.188 e. The van der Waals surface area contributed by atoms with E-state index in [0.29, 0.717) is 23.4 Å². The van der Waals surface area contributed by atoms with Crippen molar-refractivity contribution < 1.29 is 5.21 Å². The third-order valence-electron chi connectivity index (χ3n) is 4.72. The zero-order valence-corrected chi connectivity index (χ0v) is 15.2. The van der Waals surface area contributed by atoms with Crippen molar-refractivity contribution in [1.29, 1.82) is 0 Å². The van der Waals surface area contributed by atoms with E-state index in [4.69, 9.17) is 5.53 Å². The lowest BCUT2D eigenvalue weighted by Gasteiger charge is -2.15. The minimum atomic E-state index is 0.0496. The molecule has 1 aromatic rings. The number of nitrogens with zero attached hydrogens (tertiary/aromatic N) is 4. The van der Waals surface area contributed by atoms with E-state index in [2.05, 4.69) is 10.0 Å². The predicted octanol–water partition coefficient (Wildman–Crippen LogP) is 4.98. The first-order chi connectivity index (χ1) is 11.5. The number of aromatic nitrogens is 1. The van der Waals surface area contributed by atoms with Crippen LogP contribution in [0.3, 0.4) is 0 Å². The predicted molar refractivity (Wildman–Crippen MR) is 96.8 cm³/mol. The molecule has 134 valence electrons. The number of pyridine rings is 1. The van der Waals surface area contributed by atoms with Crippen LogP contribution in [0.4, 0.5) is 0 Å². The van der Waals surface area contributed by atoms with Gasteiger partial charge in [-0.3, -0.25) is 4.79 Å². The molecule has 0 amide bonds. The van der Waals surface area contributed by atoms with Crippen LogP contribution in [0.25, 0.3) is 10.4 Å². The van der Waals surface area contributed by atoms with Crippen LogP contribution in [-0.2, 0) is 6.42 Å². The Labute approximate surface area is 144 Å². The fourth-order valence-corrected chi connectivity index (χ4v) is 2.97. The fraction of sp³-hybridized carbons (Fsp3) is 0.722. The molecule has 1 rings (SSSR count). The highest BCUT2D eigenvalue weighted by Crippen LogP contribution is 2.14. The van der Waals surface area contributed by atoms with Gasteiger partial charge >= 0.3 is 0 Å². The maximum Gasteiger partial charge on any atom is 0.188 e. The molecule has 1 N–H and O–H groups in total. The van der Waals surface area contributed by atoms with Crippen molar-refractivity contribution in [3.8, 4) is 0 Å². The van der Waals surface area contributed by atoms with Crippen molar-refractivity contribution in [3.05, 3.63) is 43.2 Å². The third-order valence-corrected chi connectivity index (χ3v) is 4.72. The van der Waals surface area contributed by atoms with E-state index in [0.717, 1.165) is 37.8 Å². The molecule has 0 unspecified atom stereocenters. The van der Waals surface area contributed by atoms with Crippen LogP contribution < -0.4 is 5.43 Å². The standard InChI is InChI=1S/C18H30N4O2/c1-14-16(3)22(24)17(15(2)18(14)23)12-10-8-6-4-5-7-9-11-13-20-21-19/h24H,4-13H2,1-3H3. The van der Waals surface area contributed by atoms with E-state index in [1.807, 2.05) is 0 Å². The van der Waals surface area contributed by atoms with E-state index in [1.165, 1.54) is 30.4 Å². The van der Waals surface area contributed by atoms with Crippen molar-refractivity contribution >= 4 is 0 Å². The maximum absolute atomic E-state index is 12.1. The molecule has 0 spiro atoms. The van der Waals surface area contributed by atoms with Crippen molar-refractivity contribution in [2.45, 2.75) is 78.6 Å². The summed E-state index contributed by atoms with van der Waals surface area (Å²) in [6.07, 6.45) is 9.72. The van der Waals surface area contributed by atoms with Crippen LogP contribution in [0.2, 0.25) is 0 Å². The molecule has 0 bridgehead atoms. The van der Waals surface area contributed by atoms with E-state index >= 15 is 0 Å². The van der Waals surface area contributed by atoms with Gasteiger partial charge in [0.05, 0.1) is 11.4 Å². The molecule has 6 nitrogen and oxygen atoms in total. The zero-order valence-electron chi connectivity index (χ0n) is 15.2. The quantitative estimate of drug-likeness (QED) is 0.203. The minimum absolute atomic E-state index is 0.0496. The Morgan fingerprint density at radius 1 is 0.958 bits per heavy atom. The van der Waals surface area contributed by atoms with Gasteiger partial charge in [-0.25, -0.2) is 0 Å². The lowest BCUT2D eigenvalue weighted by molar-refractivity contribution is 0.165. The summed E-state index contributed by atoms with van der Waals surface area (Å²) in [5.41, 5.74) is 10.9. The summed E-state index contributed by atoms with van der Waals surface area (Å²) in [6, 6.07) is 0. The Morgan fingerprint density at radius 2 is 1.50 bits per heavy atom. The molecule has 1 heterocycles. The summed E-state index contributed by atoms with van der Waals surface area (Å²) >= 11 is 0. The monoisotopic (exact) mass is 334 g/mol. The van der Waals surface area contributed by atoms with Crippen LogP contribution in [-0.4, -0.2) is 16.5 Å². The van der Waals surface area contributed by atoms with E-state index < -0.39 is 0 Å². The second-order valence-electron chi connectivity index (χ2n) is 6.46. The number of azide groups is 1. The Kier molecular flexibility index (Phi) is 9.02. The van der Waals surface area contributed by atoms with Crippen LogP contribution >= 0.6 is 0 Å². The summed E-state index contributed by atoms with van der Waals surface area (Å²) in [6.45, 7) is 5.94. The summed E-state index contributed by atoms with van der Waals surface area (Å²) < 4.78 is 1.19. The molecule has 0 aromatic carbocycles. The second-order valence-corrected chi connectivity index (χ2v) is 6.46. The summed E-state index contributed by atoms with van der Waals surface area (Å²) in [5.74, 6) is 0. The molecule has 0 aliphatic carbocycles. The number of rotatable bonds is 11. The molecular formula is C18H30N4O2. The largest absolute Gasteiger partial charge is 0.428 e. The van der Waals surface area contributed by atoms with Crippen LogP contribution in [0.5, 0.6) is 0 Å². The van der Waals surface area contributed by atoms with Crippen molar-refractivity contribution in [1.82, 2.24) is 4.73 Å². The second kappa shape index (κ2) is 10.8. The van der Waals surface area contributed by atoms with E-state index in [-0.39, 0.29) is 5.43 Å². The summed E-state index contributed by atoms with van der Waals surface area (Å²) in [5, 5.41) is 13.7. The Bertz CT molecular complexity index is 631. The molecule has 0 atom stereocenters. The lowest BCUT2D eigenvalue weighted by Crippen LogP contribution is -2.21. The van der Waals surface area contributed by atoms with Gasteiger partial charge in [-0.05, 0) is 45.6 Å². The van der Waals surface area contributed by atoms with Crippen LogP contribution in [0.15, 0.2) is 9.91 Å². The zero-order chi connectivity index (χ0) is 17.9. The molecule has 0 radical (unpaired) electrons. The average Bonchev–Trinajstić information content (AvgIpc) is 2.58. The molecule has 6 heteroatoms. The normalized spacial score (nSPS) is 10.6. The highest BCUT2D eigenvalue weighted by molar-refractivity contribution is 5.29. The molecule has 0 saturated carbocycles. The lowest BCUT2D eigenvalue weighted by atomic mass is 10.0. The summed E-state index contributed by atoms with van der Waals surface area (Å²) in [4.78, 5) is 14.9. The van der Waals surface area contributed by atoms with Crippen molar-refractivity contribution in [2.24, 2.45) is 5.11 Å². The highest BCUT2D eigenvalue weighted by Gasteiger charge is 2.13. The van der Waals surface area contributed by atoms with E-state index in [9.17, 15) is 10.0 Å². The van der Waals surface area contributed by atoms with Gasteiger partial charge in [0, 0.05) is 22.6 Å². The van der Waals surface area contributed by atoms with Gasteiger partial charge in [0.25, 0.3) is 0 Å². The van der Waals surface area contributed by atoms with Gasteiger partial charge in [0.15, 0.2) is 5.43 Å². The van der Waals surface area contributed by atoms with Crippen molar-refractivity contribution in [2.75, 3.05) is 6.54 Å². The first-order valence-electron chi connectivity index (χ1n) is 8.92. The topological polar surface area (TPSA) is 91.0 Å². The molecule has 0 fully saturated rings. The number of unbranched alkanes of at least 4 members (excludes halogenated alkanes) is 7. The molecule has 1 aromatic heterocycles. The maximum atomic E-state index is 12.1. The molecule has 24 heavy (non-hydrogen) atoms. The minimum Gasteiger partial charge on any atom is -0.428 e. The van der Waals surface area contributed by atoms with Crippen LogP contribution in [0, 0.1) is 20.8 Å². The van der Waals surface area contributed by atoms with Gasteiger partial charge in [-0.1, -0.05) is 43.6 Å². The fourth-order valence-electron chi connectivity index (χ4n) is 2.97. The average molecular weight is 334 g/mol. The first-order valence-corrected chi connectivity index (χ1v) is 8.92. The van der Waals surface area contributed by atoms with Gasteiger partial charge in [0.2, 0.25) is 0 Å². The Morgan fingerprint density at radius 3 is 2.08 bits per heavy atom. The SMILES string of the molecule is Cc1c(C)n(O)c(CCCCCCCCCCN=[N+]=[N-])c(C)c1=O. The number of hydrogen-bond acceptors (Lipinski definition) is 3. The van der Waals surface area contributed by atoms with Crippen molar-refractivity contribution in [3.63, 3.8) is 0 Å². The van der Waals surface area contributed by atoms with Crippen LogP contribution in [0.1, 0.15) is 73.9 Å². The molecule has 0 aliphatic rings. The molecule has 0 saturated heterocycles. The Hall–Kier alpha value is -1.94.